The Balaban J connectivity index is 1.87. The van der Waals surface area contributed by atoms with Crippen LogP contribution in [0.4, 0.5) is 5.69 Å². The summed E-state index contributed by atoms with van der Waals surface area (Å²) in [6.07, 6.45) is 0. The van der Waals surface area contributed by atoms with Crippen LogP contribution in [0.15, 0.2) is 58.3 Å². The number of anilines is 1. The second-order valence-corrected chi connectivity index (χ2v) is 8.14. The van der Waals surface area contributed by atoms with Crippen molar-refractivity contribution in [2.24, 2.45) is 0 Å². The number of nitrogens with two attached hydrogens (primary N) is 1. The summed E-state index contributed by atoms with van der Waals surface area (Å²) in [6, 6.07) is 13.7. The first-order chi connectivity index (χ1) is 12.9. The molecular weight excluding hydrogens is 401 g/mol. The van der Waals surface area contributed by atoms with Gasteiger partial charge in [-0.25, -0.2) is 0 Å². The summed E-state index contributed by atoms with van der Waals surface area (Å²) >= 11 is 13.8. The number of benzene rings is 3. The van der Waals surface area contributed by atoms with Gasteiger partial charge in [0.1, 0.15) is 0 Å². The first-order valence-electron chi connectivity index (χ1n) is 8.13. The molecule has 3 nitrogen and oxygen atoms in total. The molecule has 3 aromatic carbocycles. The van der Waals surface area contributed by atoms with Crippen LogP contribution in [0.2, 0.25) is 10.0 Å². The molecule has 2 N–H and O–H groups in total. The van der Waals surface area contributed by atoms with Gasteiger partial charge in [0, 0.05) is 37.2 Å². The van der Waals surface area contributed by atoms with Crippen molar-refractivity contribution in [2.75, 3.05) is 5.73 Å². The molecule has 0 radical (unpaired) electrons. The normalized spacial score (nSPS) is 12.7. The fourth-order valence-corrected chi connectivity index (χ4v) is 4.73. The summed E-state index contributed by atoms with van der Waals surface area (Å²) in [4.78, 5) is 27.5. The number of fused-ring (bicyclic) bond motifs is 2. The maximum Gasteiger partial charge on any atom is 0.196 e. The molecule has 134 valence electrons. The van der Waals surface area contributed by atoms with Crippen molar-refractivity contribution in [3.05, 3.63) is 86.4 Å². The molecule has 0 spiro atoms. The number of hydrogen-bond donors (Lipinski definition) is 1. The maximum absolute atomic E-state index is 13.1. The van der Waals surface area contributed by atoms with Crippen molar-refractivity contribution in [3.8, 4) is 0 Å². The van der Waals surface area contributed by atoms with E-state index in [9.17, 15) is 9.59 Å². The van der Waals surface area contributed by atoms with Crippen molar-refractivity contribution in [1.82, 2.24) is 0 Å². The van der Waals surface area contributed by atoms with Crippen LogP contribution in [-0.2, 0) is 0 Å². The van der Waals surface area contributed by atoms with E-state index in [1.807, 2.05) is 19.1 Å². The minimum absolute atomic E-state index is 0.211. The highest BCUT2D eigenvalue weighted by Crippen LogP contribution is 2.41. The van der Waals surface area contributed by atoms with E-state index < -0.39 is 0 Å². The number of aryl methyl sites for hydroxylation is 1. The molecule has 4 rings (SSSR count). The van der Waals surface area contributed by atoms with Crippen molar-refractivity contribution >= 4 is 52.2 Å². The van der Waals surface area contributed by atoms with Gasteiger partial charge in [-0.15, -0.1) is 0 Å². The molecule has 0 saturated carbocycles. The van der Waals surface area contributed by atoms with Gasteiger partial charge in [0.25, 0.3) is 0 Å². The number of ketones is 2. The van der Waals surface area contributed by atoms with Crippen LogP contribution in [0.25, 0.3) is 0 Å². The molecule has 27 heavy (non-hydrogen) atoms. The largest absolute Gasteiger partial charge is 0.398 e. The van der Waals surface area contributed by atoms with E-state index in [1.165, 1.54) is 11.8 Å². The van der Waals surface area contributed by atoms with E-state index in [0.29, 0.717) is 37.3 Å². The third-order valence-electron chi connectivity index (χ3n) is 4.50. The third-order valence-corrected chi connectivity index (χ3v) is 6.45. The Labute approximate surface area is 170 Å². The summed E-state index contributed by atoms with van der Waals surface area (Å²) in [5, 5.41) is 1.07. The van der Waals surface area contributed by atoms with Crippen molar-refractivity contribution in [1.29, 1.82) is 0 Å². The molecule has 0 amide bonds. The number of halogens is 2. The quantitative estimate of drug-likeness (QED) is 0.421. The second kappa shape index (κ2) is 6.71. The molecular formula is C21H13Cl2NO2S. The average Bonchev–Trinajstić information content (AvgIpc) is 2.64. The highest BCUT2D eigenvalue weighted by molar-refractivity contribution is 7.99. The molecule has 0 fully saturated rings. The van der Waals surface area contributed by atoms with Gasteiger partial charge in [0.2, 0.25) is 0 Å². The number of nitrogen functional groups attached to an aromatic ring is 1. The van der Waals surface area contributed by atoms with Gasteiger partial charge in [-0.1, -0.05) is 59.2 Å². The van der Waals surface area contributed by atoms with E-state index in [4.69, 9.17) is 28.9 Å². The van der Waals surface area contributed by atoms with Gasteiger partial charge in [-0.2, -0.15) is 0 Å². The van der Waals surface area contributed by atoms with Crippen LogP contribution in [0, 0.1) is 6.92 Å². The highest BCUT2D eigenvalue weighted by Gasteiger charge is 2.33. The summed E-state index contributed by atoms with van der Waals surface area (Å²) < 4.78 is 0. The monoisotopic (exact) mass is 413 g/mol. The predicted octanol–water partition coefficient (Wildman–Crippen LogP) is 5.81. The first-order valence-corrected chi connectivity index (χ1v) is 9.70. The Hall–Kier alpha value is -2.27. The molecule has 0 bridgehead atoms. The zero-order valence-electron chi connectivity index (χ0n) is 14.2. The molecule has 0 atom stereocenters. The molecule has 6 heteroatoms. The van der Waals surface area contributed by atoms with Gasteiger partial charge in [0.15, 0.2) is 11.6 Å². The molecule has 3 aromatic rings. The zero-order valence-corrected chi connectivity index (χ0v) is 16.5. The lowest BCUT2D eigenvalue weighted by molar-refractivity contribution is 0.0977. The molecule has 1 aliphatic carbocycles. The first kappa shape index (κ1) is 18.1. The summed E-state index contributed by atoms with van der Waals surface area (Å²) in [5.41, 5.74) is 8.50. The Morgan fingerprint density at radius 2 is 1.44 bits per heavy atom. The van der Waals surface area contributed by atoms with Crippen LogP contribution in [0.5, 0.6) is 0 Å². The molecule has 0 saturated heterocycles. The third kappa shape index (κ3) is 2.94. The van der Waals surface area contributed by atoms with Crippen LogP contribution < -0.4 is 5.73 Å². The minimum Gasteiger partial charge on any atom is -0.398 e. The zero-order chi connectivity index (χ0) is 19.3. The van der Waals surface area contributed by atoms with E-state index >= 15 is 0 Å². The summed E-state index contributed by atoms with van der Waals surface area (Å²) in [6.45, 7) is 1.89. The topological polar surface area (TPSA) is 60.2 Å². The number of hydrogen-bond acceptors (Lipinski definition) is 4. The lowest BCUT2D eigenvalue weighted by atomic mass is 9.83. The van der Waals surface area contributed by atoms with Crippen LogP contribution >= 0.6 is 35.0 Å². The fraction of sp³-hybridized carbons (Fsp3) is 0.0476. The number of carbonyl (C=O) groups excluding carboxylic acids is 2. The predicted molar refractivity (Wildman–Crippen MR) is 109 cm³/mol. The van der Waals surface area contributed by atoms with E-state index in [0.717, 1.165) is 10.5 Å². The lowest BCUT2D eigenvalue weighted by Crippen LogP contribution is -2.23. The average molecular weight is 414 g/mol. The van der Waals surface area contributed by atoms with E-state index in [1.54, 1.807) is 36.4 Å². The Kier molecular flexibility index (Phi) is 4.50. The molecule has 1 aliphatic rings. The van der Waals surface area contributed by atoms with Crippen molar-refractivity contribution < 1.29 is 9.59 Å². The van der Waals surface area contributed by atoms with E-state index in [2.05, 4.69) is 0 Å². The fourth-order valence-electron chi connectivity index (χ4n) is 3.15. The summed E-state index contributed by atoms with van der Waals surface area (Å²) in [5.74, 6) is -0.449. The van der Waals surface area contributed by atoms with Gasteiger partial charge < -0.3 is 5.73 Å². The minimum atomic E-state index is -0.237. The van der Waals surface area contributed by atoms with Crippen molar-refractivity contribution in [3.63, 3.8) is 0 Å². The standard InChI is InChI=1S/C21H13Cl2NO2S/c1-10-8-17(14(23)9-13(10)22)27-16-7-3-5-12-19(16)21(26)11-4-2-6-15(24)18(11)20(12)25/h2-9H,24H2,1H3. The maximum atomic E-state index is 13.1. The molecule has 0 heterocycles. The SMILES string of the molecule is Cc1cc(Sc2cccc3c2C(=O)c2cccc(N)c2C3=O)c(Cl)cc1Cl. The summed E-state index contributed by atoms with van der Waals surface area (Å²) in [7, 11) is 0. The number of rotatable bonds is 2. The second-order valence-electron chi connectivity index (χ2n) is 6.24. The van der Waals surface area contributed by atoms with Crippen LogP contribution in [-0.4, -0.2) is 11.6 Å². The molecule has 0 unspecified atom stereocenters. The van der Waals surface area contributed by atoms with Crippen LogP contribution in [0.3, 0.4) is 0 Å². The Morgan fingerprint density at radius 3 is 2.19 bits per heavy atom. The molecule has 0 aromatic heterocycles. The van der Waals surface area contributed by atoms with Crippen molar-refractivity contribution in [2.45, 2.75) is 16.7 Å². The Morgan fingerprint density at radius 1 is 0.815 bits per heavy atom. The van der Waals surface area contributed by atoms with Gasteiger partial charge in [0.05, 0.1) is 10.6 Å². The number of carbonyl (C=O) groups is 2. The van der Waals surface area contributed by atoms with Gasteiger partial charge in [-0.3, -0.25) is 9.59 Å². The van der Waals surface area contributed by atoms with Crippen LogP contribution in [0.1, 0.15) is 37.4 Å². The highest BCUT2D eigenvalue weighted by atomic mass is 35.5. The molecule has 0 aliphatic heterocycles. The van der Waals surface area contributed by atoms with Gasteiger partial charge in [-0.05, 0) is 36.8 Å². The van der Waals surface area contributed by atoms with E-state index in [-0.39, 0.29) is 17.1 Å². The lowest BCUT2D eigenvalue weighted by Gasteiger charge is -2.21. The smallest absolute Gasteiger partial charge is 0.196 e. The Bertz CT molecular complexity index is 1140. The van der Waals surface area contributed by atoms with Gasteiger partial charge >= 0.3 is 0 Å².